The summed E-state index contributed by atoms with van der Waals surface area (Å²) in [7, 11) is 0. The van der Waals surface area contributed by atoms with Gasteiger partial charge in [0.25, 0.3) is 0 Å². The molecule has 2 aliphatic rings. The molecule has 0 amide bonds. The van der Waals surface area contributed by atoms with E-state index in [1.807, 2.05) is 0 Å². The van der Waals surface area contributed by atoms with Gasteiger partial charge in [-0.25, -0.2) is 0 Å². The van der Waals surface area contributed by atoms with Gasteiger partial charge in [0.15, 0.2) is 0 Å². The third-order valence-corrected chi connectivity index (χ3v) is 5.86. The molecule has 132 valence electrons. The number of aliphatic hydroxyl groups is 1. The van der Waals surface area contributed by atoms with E-state index >= 15 is 0 Å². The number of piperazine rings is 1. The molecule has 0 bridgehead atoms. The maximum Gasteiger partial charge on any atom is 0.0682 e. The summed E-state index contributed by atoms with van der Waals surface area (Å²) in [5.74, 6) is 0. The third kappa shape index (κ3) is 3.79. The van der Waals surface area contributed by atoms with Crippen molar-refractivity contribution in [1.29, 1.82) is 0 Å². The van der Waals surface area contributed by atoms with Gasteiger partial charge in [-0.05, 0) is 36.5 Å². The Bertz CT molecular complexity index is 702. The van der Waals surface area contributed by atoms with Gasteiger partial charge in [-0.3, -0.25) is 9.80 Å². The number of nitrogens with zero attached hydrogens (tertiary/aromatic N) is 2. The predicted octanol–water partition coefficient (Wildman–Crippen LogP) is 2.86. The van der Waals surface area contributed by atoms with E-state index in [4.69, 9.17) is 0 Å². The normalized spacial score (nSPS) is 27.4. The fourth-order valence-electron chi connectivity index (χ4n) is 4.46. The summed E-state index contributed by atoms with van der Waals surface area (Å²) in [6, 6.07) is 20.5. The van der Waals surface area contributed by atoms with E-state index in [1.54, 1.807) is 0 Å². The molecule has 4 rings (SSSR count). The van der Waals surface area contributed by atoms with Gasteiger partial charge in [-0.2, -0.15) is 0 Å². The summed E-state index contributed by atoms with van der Waals surface area (Å²) in [4.78, 5) is 5.15. The first kappa shape index (κ1) is 16.8. The molecule has 2 fully saturated rings. The Kier molecular flexibility index (Phi) is 4.89. The number of benzene rings is 2. The highest BCUT2D eigenvalue weighted by Crippen LogP contribution is 2.28. The minimum atomic E-state index is -0.152. The van der Waals surface area contributed by atoms with Crippen LogP contribution in [0.2, 0.25) is 0 Å². The van der Waals surface area contributed by atoms with Crippen LogP contribution in [-0.4, -0.2) is 52.7 Å². The topological polar surface area (TPSA) is 26.7 Å². The molecule has 2 aromatic carbocycles. The smallest absolute Gasteiger partial charge is 0.0682 e. The number of fused-ring (bicyclic) bond motifs is 1. The van der Waals surface area contributed by atoms with Gasteiger partial charge in [0.2, 0.25) is 0 Å². The van der Waals surface area contributed by atoms with Crippen molar-refractivity contribution in [2.45, 2.75) is 44.5 Å². The van der Waals surface area contributed by atoms with Crippen LogP contribution >= 0.6 is 0 Å². The Hall–Kier alpha value is -1.68. The molecule has 0 radical (unpaired) electrons. The van der Waals surface area contributed by atoms with Crippen molar-refractivity contribution in [3.05, 3.63) is 71.3 Å². The van der Waals surface area contributed by atoms with Gasteiger partial charge in [-0.15, -0.1) is 0 Å². The van der Waals surface area contributed by atoms with Crippen LogP contribution in [0.1, 0.15) is 23.1 Å². The first-order chi connectivity index (χ1) is 12.2. The van der Waals surface area contributed by atoms with Gasteiger partial charge >= 0.3 is 0 Å². The maximum absolute atomic E-state index is 10.1. The van der Waals surface area contributed by atoms with Crippen LogP contribution in [0.15, 0.2) is 54.6 Å². The van der Waals surface area contributed by atoms with Crippen molar-refractivity contribution in [3.8, 4) is 0 Å². The van der Waals surface area contributed by atoms with Crippen molar-refractivity contribution in [3.63, 3.8) is 0 Å². The average Bonchev–Trinajstić information content (AvgIpc) is 2.97. The fourth-order valence-corrected chi connectivity index (χ4v) is 4.46. The van der Waals surface area contributed by atoms with Gasteiger partial charge < -0.3 is 5.11 Å². The Balaban J connectivity index is 1.55. The largest absolute Gasteiger partial charge is 0.392 e. The van der Waals surface area contributed by atoms with Crippen LogP contribution in [0.25, 0.3) is 0 Å². The second-order valence-corrected chi connectivity index (χ2v) is 7.70. The number of aryl methyl sites for hydroxylation is 1. The van der Waals surface area contributed by atoms with Crippen LogP contribution in [0.3, 0.4) is 0 Å². The minimum Gasteiger partial charge on any atom is -0.392 e. The molecule has 2 saturated heterocycles. The summed E-state index contributed by atoms with van der Waals surface area (Å²) in [5, 5.41) is 10.1. The molecule has 3 nitrogen and oxygen atoms in total. The first-order valence-corrected chi connectivity index (χ1v) is 9.43. The fraction of sp³-hybridized carbons (Fsp3) is 0.455. The lowest BCUT2D eigenvalue weighted by molar-refractivity contribution is 0.0444. The molecule has 0 saturated carbocycles. The second-order valence-electron chi connectivity index (χ2n) is 7.70. The van der Waals surface area contributed by atoms with Crippen LogP contribution in [0.5, 0.6) is 0 Å². The molecule has 2 heterocycles. The molecular formula is C22H28N2O. The van der Waals surface area contributed by atoms with E-state index < -0.39 is 0 Å². The van der Waals surface area contributed by atoms with Gasteiger partial charge in [0, 0.05) is 38.3 Å². The Morgan fingerprint density at radius 3 is 2.52 bits per heavy atom. The lowest BCUT2D eigenvalue weighted by atomic mass is 9.98. The summed E-state index contributed by atoms with van der Waals surface area (Å²) in [6.45, 7) is 6.17. The quantitative estimate of drug-likeness (QED) is 0.930. The van der Waals surface area contributed by atoms with E-state index in [1.165, 1.54) is 16.7 Å². The zero-order chi connectivity index (χ0) is 17.2. The Labute approximate surface area is 150 Å². The number of aliphatic hydroxyl groups excluding tert-OH is 1. The third-order valence-electron chi connectivity index (χ3n) is 5.86. The van der Waals surface area contributed by atoms with Gasteiger partial charge in [0.1, 0.15) is 0 Å². The number of hydrogen-bond acceptors (Lipinski definition) is 3. The highest BCUT2D eigenvalue weighted by Gasteiger charge is 2.39. The molecule has 3 atom stereocenters. The maximum atomic E-state index is 10.1. The Morgan fingerprint density at radius 2 is 1.72 bits per heavy atom. The number of rotatable bonds is 4. The van der Waals surface area contributed by atoms with E-state index in [2.05, 4.69) is 71.3 Å². The lowest BCUT2D eigenvalue weighted by Gasteiger charge is -2.44. The van der Waals surface area contributed by atoms with Crippen molar-refractivity contribution < 1.29 is 5.11 Å². The van der Waals surface area contributed by atoms with Crippen LogP contribution < -0.4 is 0 Å². The SMILES string of the molecule is Cc1ccccc1CN1C[C@@H]2C[C@@H](O)CN2C[C@H]1Cc1ccccc1. The van der Waals surface area contributed by atoms with E-state index in [9.17, 15) is 5.11 Å². The summed E-state index contributed by atoms with van der Waals surface area (Å²) in [5.41, 5.74) is 4.20. The summed E-state index contributed by atoms with van der Waals surface area (Å²) >= 11 is 0. The summed E-state index contributed by atoms with van der Waals surface area (Å²) in [6.07, 6.45) is 1.84. The minimum absolute atomic E-state index is 0.152. The monoisotopic (exact) mass is 336 g/mol. The molecule has 2 aromatic rings. The van der Waals surface area contributed by atoms with Crippen molar-refractivity contribution in [1.82, 2.24) is 9.80 Å². The van der Waals surface area contributed by atoms with Crippen molar-refractivity contribution in [2.24, 2.45) is 0 Å². The predicted molar refractivity (Wildman–Crippen MR) is 102 cm³/mol. The average molecular weight is 336 g/mol. The summed E-state index contributed by atoms with van der Waals surface area (Å²) < 4.78 is 0. The molecule has 25 heavy (non-hydrogen) atoms. The van der Waals surface area contributed by atoms with Gasteiger partial charge in [0.05, 0.1) is 6.10 Å². The molecule has 3 heteroatoms. The molecule has 0 unspecified atom stereocenters. The lowest BCUT2D eigenvalue weighted by Crippen LogP contribution is -2.56. The zero-order valence-electron chi connectivity index (χ0n) is 15.0. The zero-order valence-corrected chi connectivity index (χ0v) is 15.0. The molecule has 0 aliphatic carbocycles. The second kappa shape index (κ2) is 7.28. The highest BCUT2D eigenvalue weighted by molar-refractivity contribution is 5.26. The van der Waals surface area contributed by atoms with Crippen molar-refractivity contribution in [2.75, 3.05) is 19.6 Å². The van der Waals surface area contributed by atoms with Gasteiger partial charge in [-0.1, -0.05) is 54.6 Å². The molecule has 2 aliphatic heterocycles. The molecule has 1 N–H and O–H groups in total. The molecule has 0 spiro atoms. The molecular weight excluding hydrogens is 308 g/mol. The molecule has 0 aromatic heterocycles. The Morgan fingerprint density at radius 1 is 0.960 bits per heavy atom. The highest BCUT2D eigenvalue weighted by atomic mass is 16.3. The van der Waals surface area contributed by atoms with Crippen LogP contribution in [0.4, 0.5) is 0 Å². The van der Waals surface area contributed by atoms with E-state index in [-0.39, 0.29) is 6.10 Å². The van der Waals surface area contributed by atoms with Crippen LogP contribution in [-0.2, 0) is 13.0 Å². The first-order valence-electron chi connectivity index (χ1n) is 9.43. The van der Waals surface area contributed by atoms with E-state index in [0.29, 0.717) is 12.1 Å². The van der Waals surface area contributed by atoms with Crippen molar-refractivity contribution >= 4 is 0 Å². The standard InChI is InChI=1S/C22H28N2O/c1-17-7-5-6-10-19(17)13-23-15-21-12-22(25)16-24(21)14-20(23)11-18-8-3-2-4-9-18/h2-10,20-22,25H,11-16H2,1H3/t20-,21+,22-/m1/s1. The van der Waals surface area contributed by atoms with Crippen LogP contribution in [0, 0.1) is 6.92 Å². The number of hydrogen-bond donors (Lipinski definition) is 1. The van der Waals surface area contributed by atoms with E-state index in [0.717, 1.165) is 39.0 Å².